The van der Waals surface area contributed by atoms with E-state index in [-0.39, 0.29) is 18.6 Å². The molecule has 0 amide bonds. The lowest BCUT2D eigenvalue weighted by atomic mass is 9.80. The average Bonchev–Trinajstić information content (AvgIpc) is 2.47. The van der Waals surface area contributed by atoms with Crippen molar-refractivity contribution in [1.29, 1.82) is 0 Å². The molecular weight excluding hydrogens is 272 g/mol. The Bertz CT molecular complexity index is 452. The van der Waals surface area contributed by atoms with Gasteiger partial charge in [-0.25, -0.2) is 0 Å². The number of carbonyl (C=O) groups excluding carboxylic acids is 3. The summed E-state index contributed by atoms with van der Waals surface area (Å²) < 4.78 is 9.41. The van der Waals surface area contributed by atoms with E-state index in [4.69, 9.17) is 15.9 Å². The second-order valence-corrected chi connectivity index (χ2v) is 4.90. The van der Waals surface area contributed by atoms with E-state index < -0.39 is 17.4 Å². The van der Waals surface area contributed by atoms with Gasteiger partial charge in [-0.3, -0.25) is 9.59 Å². The summed E-state index contributed by atoms with van der Waals surface area (Å²) in [5.74, 6) is 0.971. The highest BCUT2D eigenvalue weighted by molar-refractivity contribution is 6.00. The van der Waals surface area contributed by atoms with Crippen LogP contribution in [-0.4, -0.2) is 31.9 Å². The molecule has 0 heterocycles. The predicted molar refractivity (Wildman–Crippen MR) is 78.2 cm³/mol. The van der Waals surface area contributed by atoms with Crippen LogP contribution in [0.1, 0.15) is 39.5 Å². The van der Waals surface area contributed by atoms with E-state index in [1.807, 2.05) is 6.92 Å². The Morgan fingerprint density at radius 2 is 1.62 bits per heavy atom. The molecule has 0 N–H and O–H groups in total. The summed E-state index contributed by atoms with van der Waals surface area (Å²) in [6.45, 7) is 3.34. The molecule has 0 aliphatic heterocycles. The van der Waals surface area contributed by atoms with E-state index >= 15 is 0 Å². The number of rotatable bonds is 8. The average molecular weight is 294 g/mol. The molecule has 0 aromatic carbocycles. The largest absolute Gasteiger partial charge is 0.468 e. The van der Waals surface area contributed by atoms with Crippen LogP contribution in [0.5, 0.6) is 0 Å². The Morgan fingerprint density at radius 3 is 2.00 bits per heavy atom. The summed E-state index contributed by atoms with van der Waals surface area (Å²) in [6, 6.07) is 0. The molecule has 21 heavy (non-hydrogen) atoms. The van der Waals surface area contributed by atoms with Crippen LogP contribution >= 0.6 is 0 Å². The van der Waals surface area contributed by atoms with Crippen LogP contribution in [-0.2, 0) is 23.9 Å². The standard InChI is InChI=1S/C16H22O5/c1-6-10-16(14(18)20-4,15(19)21-5)11-9-12(2)7-8-13(3)17/h1,9H,7-8,10-11H2,2-5H3/b12-9+. The second-order valence-electron chi connectivity index (χ2n) is 4.90. The van der Waals surface area contributed by atoms with Gasteiger partial charge in [0.05, 0.1) is 14.2 Å². The topological polar surface area (TPSA) is 69.7 Å². The first-order chi connectivity index (χ1) is 9.83. The quantitative estimate of drug-likeness (QED) is 0.296. The van der Waals surface area contributed by atoms with E-state index in [1.54, 1.807) is 6.08 Å². The number of allylic oxidation sites excluding steroid dienone is 2. The van der Waals surface area contributed by atoms with Gasteiger partial charge < -0.3 is 14.3 Å². The van der Waals surface area contributed by atoms with Crippen molar-refractivity contribution in [3.63, 3.8) is 0 Å². The van der Waals surface area contributed by atoms with Crippen LogP contribution in [0.15, 0.2) is 11.6 Å². The molecule has 0 aromatic rings. The van der Waals surface area contributed by atoms with E-state index in [9.17, 15) is 14.4 Å². The molecule has 0 bridgehead atoms. The Hall–Kier alpha value is -2.09. The van der Waals surface area contributed by atoms with Gasteiger partial charge in [-0.05, 0) is 26.7 Å². The number of methoxy groups -OCH3 is 2. The molecule has 0 atom stereocenters. The third-order valence-corrected chi connectivity index (χ3v) is 3.23. The molecule has 0 saturated heterocycles. The van der Waals surface area contributed by atoms with Crippen molar-refractivity contribution in [2.24, 2.45) is 5.41 Å². The third-order valence-electron chi connectivity index (χ3n) is 3.23. The number of ketones is 1. The number of ether oxygens (including phenoxy) is 2. The molecule has 0 radical (unpaired) electrons. The number of esters is 2. The fraction of sp³-hybridized carbons (Fsp3) is 0.562. The predicted octanol–water partition coefficient (Wildman–Crippen LogP) is 2.05. The molecule has 116 valence electrons. The van der Waals surface area contributed by atoms with Gasteiger partial charge in [-0.15, -0.1) is 12.3 Å². The molecule has 0 spiro atoms. The van der Waals surface area contributed by atoms with Crippen LogP contribution in [0.3, 0.4) is 0 Å². The maximum absolute atomic E-state index is 12.0. The monoisotopic (exact) mass is 294 g/mol. The molecule has 0 fully saturated rings. The van der Waals surface area contributed by atoms with Gasteiger partial charge in [-0.2, -0.15) is 0 Å². The number of hydrogen-bond acceptors (Lipinski definition) is 5. The van der Waals surface area contributed by atoms with Crippen molar-refractivity contribution in [3.8, 4) is 12.3 Å². The first kappa shape index (κ1) is 18.9. The van der Waals surface area contributed by atoms with Crippen LogP contribution in [0, 0.1) is 17.8 Å². The van der Waals surface area contributed by atoms with Gasteiger partial charge in [0.2, 0.25) is 0 Å². The number of hydrogen-bond donors (Lipinski definition) is 0. The van der Waals surface area contributed by atoms with Gasteiger partial charge in [-0.1, -0.05) is 11.6 Å². The normalized spacial score (nSPS) is 11.5. The minimum Gasteiger partial charge on any atom is -0.468 e. The molecule has 0 aromatic heterocycles. The van der Waals surface area contributed by atoms with Crippen LogP contribution in [0.2, 0.25) is 0 Å². The Morgan fingerprint density at radius 1 is 1.10 bits per heavy atom. The van der Waals surface area contributed by atoms with Gasteiger partial charge in [0.1, 0.15) is 5.78 Å². The highest BCUT2D eigenvalue weighted by Gasteiger charge is 2.47. The molecule has 5 heteroatoms. The molecule has 0 saturated carbocycles. The minimum absolute atomic E-state index is 0.0820. The first-order valence-corrected chi connectivity index (χ1v) is 6.59. The Labute approximate surface area is 125 Å². The van der Waals surface area contributed by atoms with Gasteiger partial charge >= 0.3 is 11.9 Å². The third kappa shape index (κ3) is 5.42. The van der Waals surface area contributed by atoms with Crippen molar-refractivity contribution < 1.29 is 23.9 Å². The summed E-state index contributed by atoms with van der Waals surface area (Å²) in [5.41, 5.74) is -0.630. The SMILES string of the molecule is C#CCC(C/C=C(\C)CCC(C)=O)(C(=O)OC)C(=O)OC. The smallest absolute Gasteiger partial charge is 0.324 e. The van der Waals surface area contributed by atoms with Crippen molar-refractivity contribution in [1.82, 2.24) is 0 Å². The highest BCUT2D eigenvalue weighted by Crippen LogP contribution is 2.31. The van der Waals surface area contributed by atoms with E-state index in [0.717, 1.165) is 5.57 Å². The molecule has 0 rings (SSSR count). The Kier molecular flexibility index (Phi) is 8.07. The maximum atomic E-state index is 12.0. The summed E-state index contributed by atoms with van der Waals surface area (Å²) >= 11 is 0. The fourth-order valence-electron chi connectivity index (χ4n) is 1.86. The molecule has 0 aliphatic carbocycles. The number of carbonyl (C=O) groups is 3. The first-order valence-electron chi connectivity index (χ1n) is 6.59. The van der Waals surface area contributed by atoms with Crippen LogP contribution in [0.4, 0.5) is 0 Å². The number of Topliss-reactive ketones (excluding diaryl/α,β-unsaturated/α-hetero) is 1. The Balaban J connectivity index is 5.27. The van der Waals surface area contributed by atoms with E-state index in [1.165, 1.54) is 21.1 Å². The lowest BCUT2D eigenvalue weighted by Gasteiger charge is -2.25. The summed E-state index contributed by atoms with van der Waals surface area (Å²) in [6.07, 6.45) is 7.97. The molecular formula is C16H22O5. The molecule has 5 nitrogen and oxygen atoms in total. The minimum atomic E-state index is -1.53. The molecule has 0 unspecified atom stereocenters. The zero-order valence-corrected chi connectivity index (χ0v) is 13.0. The second kappa shape index (κ2) is 8.96. The fourth-order valence-corrected chi connectivity index (χ4v) is 1.86. The zero-order valence-electron chi connectivity index (χ0n) is 13.0. The maximum Gasteiger partial charge on any atom is 0.324 e. The summed E-state index contributed by atoms with van der Waals surface area (Å²) in [7, 11) is 2.39. The van der Waals surface area contributed by atoms with Gasteiger partial charge in [0.15, 0.2) is 5.41 Å². The lowest BCUT2D eigenvalue weighted by Crippen LogP contribution is -2.40. The summed E-state index contributed by atoms with van der Waals surface area (Å²) in [4.78, 5) is 35.0. The van der Waals surface area contributed by atoms with Gasteiger partial charge in [0, 0.05) is 12.8 Å². The summed E-state index contributed by atoms with van der Waals surface area (Å²) in [5, 5.41) is 0. The van der Waals surface area contributed by atoms with Crippen LogP contribution < -0.4 is 0 Å². The molecule has 0 aliphatic rings. The highest BCUT2D eigenvalue weighted by atomic mass is 16.5. The number of terminal acetylenes is 1. The van der Waals surface area contributed by atoms with Crippen molar-refractivity contribution >= 4 is 17.7 Å². The van der Waals surface area contributed by atoms with Crippen molar-refractivity contribution in [2.75, 3.05) is 14.2 Å². The van der Waals surface area contributed by atoms with E-state index in [2.05, 4.69) is 5.92 Å². The van der Waals surface area contributed by atoms with Crippen LogP contribution in [0.25, 0.3) is 0 Å². The lowest BCUT2D eigenvalue weighted by molar-refractivity contribution is -0.168. The van der Waals surface area contributed by atoms with Crippen molar-refractivity contribution in [2.45, 2.75) is 39.5 Å². The zero-order chi connectivity index (χ0) is 16.5. The van der Waals surface area contributed by atoms with Crippen molar-refractivity contribution in [3.05, 3.63) is 11.6 Å². The van der Waals surface area contributed by atoms with E-state index in [0.29, 0.717) is 12.8 Å². The van der Waals surface area contributed by atoms with Gasteiger partial charge in [0.25, 0.3) is 0 Å².